The highest BCUT2D eigenvalue weighted by Gasteiger charge is 2.35. The van der Waals surface area contributed by atoms with Crippen LogP contribution >= 0.6 is 0 Å². The molecule has 0 spiro atoms. The molecule has 0 N–H and O–H groups in total. The molecule has 1 heterocycles. The third-order valence-electron chi connectivity index (χ3n) is 2.97. The van der Waals surface area contributed by atoms with Gasteiger partial charge in [-0.25, -0.2) is 0 Å². The van der Waals surface area contributed by atoms with Crippen molar-refractivity contribution in [3.63, 3.8) is 0 Å². The van der Waals surface area contributed by atoms with E-state index in [1.165, 1.54) is 0 Å². The predicted molar refractivity (Wildman–Crippen MR) is 61.6 cm³/mol. The maximum absolute atomic E-state index is 5.97. The molecule has 0 amide bonds. The van der Waals surface area contributed by atoms with Crippen molar-refractivity contribution in [3.8, 4) is 0 Å². The summed E-state index contributed by atoms with van der Waals surface area (Å²) in [6, 6.07) is 0. The van der Waals surface area contributed by atoms with Gasteiger partial charge in [0.05, 0.1) is 13.2 Å². The highest BCUT2D eigenvalue weighted by molar-refractivity contribution is 4.93. The maximum Gasteiger partial charge on any atom is 0.124 e. The van der Waals surface area contributed by atoms with Crippen molar-refractivity contribution in [3.05, 3.63) is 6.42 Å². The maximum atomic E-state index is 5.97. The van der Waals surface area contributed by atoms with Crippen LogP contribution in [-0.4, -0.2) is 43.5 Å². The van der Waals surface area contributed by atoms with Crippen LogP contribution < -0.4 is 0 Å². The van der Waals surface area contributed by atoms with Crippen LogP contribution in [0.1, 0.15) is 33.6 Å². The molecular formula is C12H24NO2. The average Bonchev–Trinajstić information content (AvgIpc) is 2.30. The summed E-state index contributed by atoms with van der Waals surface area (Å²) < 4.78 is 11.4. The first-order chi connectivity index (χ1) is 7.29. The SMILES string of the molecule is CC[CH]C(CC)(OCC)N1CCOCC1. The van der Waals surface area contributed by atoms with E-state index in [1.54, 1.807) is 0 Å². The molecule has 1 aliphatic rings. The molecule has 3 nitrogen and oxygen atoms in total. The second kappa shape index (κ2) is 6.46. The summed E-state index contributed by atoms with van der Waals surface area (Å²) in [5.74, 6) is 0. The summed E-state index contributed by atoms with van der Waals surface area (Å²) in [5, 5.41) is 0. The van der Waals surface area contributed by atoms with Crippen LogP contribution in [0.2, 0.25) is 0 Å². The lowest BCUT2D eigenvalue weighted by Crippen LogP contribution is -2.55. The fraction of sp³-hybridized carbons (Fsp3) is 0.917. The molecule has 3 heteroatoms. The fourth-order valence-electron chi connectivity index (χ4n) is 2.26. The summed E-state index contributed by atoms with van der Waals surface area (Å²) in [6.07, 6.45) is 4.35. The Morgan fingerprint density at radius 2 is 1.93 bits per heavy atom. The lowest BCUT2D eigenvalue weighted by Gasteiger charge is -2.44. The zero-order valence-corrected chi connectivity index (χ0v) is 10.3. The summed E-state index contributed by atoms with van der Waals surface area (Å²) in [7, 11) is 0. The standard InChI is InChI=1S/C12H24NO2/c1-4-7-12(5-2,15-6-3)13-8-10-14-11-9-13/h7H,4-6,8-11H2,1-3H3. The van der Waals surface area contributed by atoms with Gasteiger partial charge in [0.2, 0.25) is 0 Å². The van der Waals surface area contributed by atoms with Gasteiger partial charge in [0.25, 0.3) is 0 Å². The van der Waals surface area contributed by atoms with Crippen molar-refractivity contribution in [1.82, 2.24) is 4.90 Å². The van der Waals surface area contributed by atoms with Gasteiger partial charge in [-0.1, -0.05) is 13.8 Å². The van der Waals surface area contributed by atoms with Crippen LogP contribution in [-0.2, 0) is 9.47 Å². The van der Waals surface area contributed by atoms with E-state index >= 15 is 0 Å². The van der Waals surface area contributed by atoms with Gasteiger partial charge in [-0.05, 0) is 19.8 Å². The Balaban J connectivity index is 2.66. The van der Waals surface area contributed by atoms with Crippen LogP contribution in [0.15, 0.2) is 0 Å². The zero-order chi connectivity index (χ0) is 11.1. The molecule has 0 aromatic carbocycles. The quantitative estimate of drug-likeness (QED) is 0.675. The van der Waals surface area contributed by atoms with Crippen molar-refractivity contribution < 1.29 is 9.47 Å². The van der Waals surface area contributed by atoms with Gasteiger partial charge in [-0.15, -0.1) is 0 Å². The van der Waals surface area contributed by atoms with E-state index in [0.717, 1.165) is 45.8 Å². The molecule has 1 rings (SSSR count). The van der Waals surface area contributed by atoms with Crippen LogP contribution in [0.25, 0.3) is 0 Å². The van der Waals surface area contributed by atoms with Crippen molar-refractivity contribution >= 4 is 0 Å². The predicted octanol–water partition coefficient (Wildman–Crippen LogP) is 2.08. The van der Waals surface area contributed by atoms with E-state index < -0.39 is 0 Å². The molecule has 1 fully saturated rings. The Bertz CT molecular complexity index is 161. The molecule has 0 aliphatic carbocycles. The molecule has 1 radical (unpaired) electrons. The van der Waals surface area contributed by atoms with Gasteiger partial charge in [-0.2, -0.15) is 0 Å². The lowest BCUT2D eigenvalue weighted by molar-refractivity contribution is -0.158. The van der Waals surface area contributed by atoms with E-state index in [2.05, 4.69) is 32.1 Å². The van der Waals surface area contributed by atoms with Crippen molar-refractivity contribution in [2.24, 2.45) is 0 Å². The van der Waals surface area contributed by atoms with Gasteiger partial charge in [0, 0.05) is 26.1 Å². The van der Waals surface area contributed by atoms with Crippen LogP contribution in [0.4, 0.5) is 0 Å². The molecule has 15 heavy (non-hydrogen) atoms. The molecule has 0 aromatic rings. The largest absolute Gasteiger partial charge is 0.379 e. The van der Waals surface area contributed by atoms with E-state index in [9.17, 15) is 0 Å². The second-order valence-corrected chi connectivity index (χ2v) is 3.84. The molecule has 89 valence electrons. The van der Waals surface area contributed by atoms with Gasteiger partial charge in [-0.3, -0.25) is 4.90 Å². The summed E-state index contributed by atoms with van der Waals surface area (Å²) in [6.45, 7) is 10.8. The fourth-order valence-corrected chi connectivity index (χ4v) is 2.26. The molecule has 1 unspecified atom stereocenters. The monoisotopic (exact) mass is 214 g/mol. The van der Waals surface area contributed by atoms with Crippen molar-refractivity contribution in [2.75, 3.05) is 32.9 Å². The molecule has 0 aromatic heterocycles. The first kappa shape index (κ1) is 12.9. The minimum Gasteiger partial charge on any atom is -0.379 e. The van der Waals surface area contributed by atoms with Gasteiger partial charge in [0.15, 0.2) is 0 Å². The number of hydrogen-bond acceptors (Lipinski definition) is 3. The number of nitrogens with zero attached hydrogens (tertiary/aromatic N) is 1. The Morgan fingerprint density at radius 3 is 2.40 bits per heavy atom. The van der Waals surface area contributed by atoms with E-state index in [4.69, 9.17) is 9.47 Å². The highest BCUT2D eigenvalue weighted by atomic mass is 16.5. The number of hydrogen-bond donors (Lipinski definition) is 0. The van der Waals surface area contributed by atoms with Gasteiger partial charge in [0.1, 0.15) is 5.72 Å². The summed E-state index contributed by atoms with van der Waals surface area (Å²) >= 11 is 0. The third-order valence-corrected chi connectivity index (χ3v) is 2.97. The second-order valence-electron chi connectivity index (χ2n) is 3.84. The minimum absolute atomic E-state index is 0.159. The number of ether oxygens (including phenoxy) is 2. The van der Waals surface area contributed by atoms with Crippen LogP contribution in [0.5, 0.6) is 0 Å². The Labute approximate surface area is 93.7 Å². The molecule has 0 saturated carbocycles. The molecular weight excluding hydrogens is 190 g/mol. The molecule has 1 saturated heterocycles. The Morgan fingerprint density at radius 1 is 1.27 bits per heavy atom. The summed E-state index contributed by atoms with van der Waals surface area (Å²) in [4.78, 5) is 2.41. The van der Waals surface area contributed by atoms with E-state index in [-0.39, 0.29) is 5.72 Å². The van der Waals surface area contributed by atoms with Gasteiger partial charge < -0.3 is 9.47 Å². The smallest absolute Gasteiger partial charge is 0.124 e. The molecule has 0 bridgehead atoms. The third kappa shape index (κ3) is 3.16. The summed E-state index contributed by atoms with van der Waals surface area (Å²) in [5.41, 5.74) is -0.159. The number of morpholine rings is 1. The van der Waals surface area contributed by atoms with Crippen LogP contribution in [0, 0.1) is 6.42 Å². The first-order valence-electron chi connectivity index (χ1n) is 6.10. The Kier molecular flexibility index (Phi) is 5.58. The van der Waals surface area contributed by atoms with Crippen molar-refractivity contribution in [1.29, 1.82) is 0 Å². The van der Waals surface area contributed by atoms with Gasteiger partial charge >= 0.3 is 0 Å². The molecule has 1 aliphatic heterocycles. The van der Waals surface area contributed by atoms with Crippen molar-refractivity contribution in [2.45, 2.75) is 39.3 Å². The lowest BCUT2D eigenvalue weighted by atomic mass is 10.0. The average molecular weight is 214 g/mol. The van der Waals surface area contributed by atoms with E-state index in [1.807, 2.05) is 0 Å². The van der Waals surface area contributed by atoms with E-state index in [0.29, 0.717) is 0 Å². The highest BCUT2D eigenvalue weighted by Crippen LogP contribution is 2.27. The topological polar surface area (TPSA) is 21.7 Å². The zero-order valence-electron chi connectivity index (χ0n) is 10.3. The number of rotatable bonds is 6. The Hall–Kier alpha value is -0.120. The first-order valence-corrected chi connectivity index (χ1v) is 6.10. The molecule has 1 atom stereocenters. The normalized spacial score (nSPS) is 22.6. The van der Waals surface area contributed by atoms with Crippen LogP contribution in [0.3, 0.4) is 0 Å². The minimum atomic E-state index is -0.159.